The zero-order valence-corrected chi connectivity index (χ0v) is 17.9. The van der Waals surface area contributed by atoms with Gasteiger partial charge in [-0.2, -0.15) is 4.98 Å². The summed E-state index contributed by atoms with van der Waals surface area (Å²) in [4.78, 5) is 11.4. The number of aryl methyl sites for hydroxylation is 1. The number of rotatable bonds is 7. The number of likely N-dealkylation sites (tertiary alicyclic amines) is 1. The third-order valence-corrected chi connectivity index (χ3v) is 5.14. The van der Waals surface area contributed by atoms with Crippen molar-refractivity contribution in [2.45, 2.75) is 39.0 Å². The van der Waals surface area contributed by atoms with Crippen molar-refractivity contribution in [3.63, 3.8) is 0 Å². The highest BCUT2D eigenvalue weighted by molar-refractivity contribution is 6.36. The van der Waals surface area contributed by atoms with E-state index in [-0.39, 0.29) is 12.4 Å². The molecule has 0 aliphatic carbocycles. The van der Waals surface area contributed by atoms with Gasteiger partial charge in [0.05, 0.1) is 17.3 Å². The summed E-state index contributed by atoms with van der Waals surface area (Å²) in [6.45, 7) is 6.18. The smallest absolute Gasteiger partial charge is 0.217 e. The highest BCUT2D eigenvalue weighted by Crippen LogP contribution is 2.30. The molecule has 148 valence electrons. The maximum atomic E-state index is 6.30. The predicted molar refractivity (Wildman–Crippen MR) is 114 cm³/mol. The first kappa shape index (κ1) is 22.2. The normalized spacial score (nSPS) is 14.6. The van der Waals surface area contributed by atoms with Crippen LogP contribution in [0.15, 0.2) is 24.3 Å². The van der Waals surface area contributed by atoms with Gasteiger partial charge in [0.15, 0.2) is 0 Å². The molecule has 2 heterocycles. The van der Waals surface area contributed by atoms with Gasteiger partial charge in [-0.1, -0.05) is 29.6 Å². The Labute approximate surface area is 177 Å². The predicted octanol–water partition coefficient (Wildman–Crippen LogP) is 5.83. The van der Waals surface area contributed by atoms with Gasteiger partial charge in [-0.05, 0) is 70.4 Å². The van der Waals surface area contributed by atoms with Gasteiger partial charge in [0.25, 0.3) is 0 Å². The Morgan fingerprint density at radius 1 is 1.04 bits per heavy atom. The lowest BCUT2D eigenvalue weighted by Gasteiger charge is -2.26. The summed E-state index contributed by atoms with van der Waals surface area (Å²) in [5.74, 6) is 1.26. The second-order valence-electron chi connectivity index (χ2n) is 6.72. The molecule has 1 aliphatic heterocycles. The summed E-state index contributed by atoms with van der Waals surface area (Å²) in [5.41, 5.74) is 1.58. The Balaban J connectivity index is 0.00000261. The summed E-state index contributed by atoms with van der Waals surface area (Å²) < 4.78 is 5.86. The van der Waals surface area contributed by atoms with Crippen molar-refractivity contribution in [1.29, 1.82) is 0 Å². The number of aromatic nitrogens is 2. The fraction of sp³-hybridized carbons (Fsp3) is 0.500. The summed E-state index contributed by atoms with van der Waals surface area (Å²) in [7, 11) is 0. The number of unbranched alkanes of at least 4 members (excludes halogenated alkanes) is 1. The minimum atomic E-state index is 0. The van der Waals surface area contributed by atoms with Crippen molar-refractivity contribution < 1.29 is 4.74 Å². The van der Waals surface area contributed by atoms with Crippen LogP contribution < -0.4 is 4.74 Å². The van der Waals surface area contributed by atoms with Gasteiger partial charge in [0.1, 0.15) is 5.82 Å². The zero-order valence-electron chi connectivity index (χ0n) is 15.6. The third-order valence-electron chi connectivity index (χ3n) is 4.59. The van der Waals surface area contributed by atoms with E-state index >= 15 is 0 Å². The molecule has 7 heteroatoms. The number of hydrogen-bond acceptors (Lipinski definition) is 4. The lowest BCUT2D eigenvalue weighted by Crippen LogP contribution is -2.30. The molecule has 4 nitrogen and oxygen atoms in total. The SMILES string of the molecule is Cc1nc(OCCCCN2CCCCC2)cc(-c2ccc(Cl)cc2Cl)n1.Cl. The molecule has 1 fully saturated rings. The molecule has 0 bridgehead atoms. The van der Waals surface area contributed by atoms with E-state index in [2.05, 4.69) is 14.9 Å². The van der Waals surface area contributed by atoms with Crippen LogP contribution in [0, 0.1) is 6.92 Å². The highest BCUT2D eigenvalue weighted by Gasteiger charge is 2.11. The molecule has 0 amide bonds. The van der Waals surface area contributed by atoms with Gasteiger partial charge in [-0.15, -0.1) is 12.4 Å². The maximum Gasteiger partial charge on any atom is 0.217 e. The van der Waals surface area contributed by atoms with Crippen molar-refractivity contribution in [2.24, 2.45) is 0 Å². The number of nitrogens with zero attached hydrogens (tertiary/aromatic N) is 3. The van der Waals surface area contributed by atoms with E-state index in [0.717, 1.165) is 30.6 Å². The Bertz CT molecular complexity index is 736. The standard InChI is InChI=1S/C20H25Cl2N3O.ClH/c1-15-23-19(17-8-7-16(21)13-18(17)22)14-20(24-15)26-12-6-5-11-25-9-3-2-4-10-25;/h7-8,13-14H,2-6,9-12H2,1H3;1H. The van der Waals surface area contributed by atoms with E-state index in [9.17, 15) is 0 Å². The summed E-state index contributed by atoms with van der Waals surface area (Å²) in [6, 6.07) is 7.24. The summed E-state index contributed by atoms with van der Waals surface area (Å²) in [6.07, 6.45) is 6.24. The molecule has 1 aliphatic rings. The molecular weight excluding hydrogens is 405 g/mol. The molecule has 1 aromatic carbocycles. The number of ether oxygens (including phenoxy) is 1. The van der Waals surface area contributed by atoms with Crippen LogP contribution in [0.4, 0.5) is 0 Å². The van der Waals surface area contributed by atoms with Crippen molar-refractivity contribution in [2.75, 3.05) is 26.2 Å². The zero-order chi connectivity index (χ0) is 18.4. The summed E-state index contributed by atoms with van der Waals surface area (Å²) in [5, 5.41) is 1.18. The Hall–Kier alpha value is -1.07. The van der Waals surface area contributed by atoms with Gasteiger partial charge in [-0.25, -0.2) is 4.98 Å². The molecule has 1 saturated heterocycles. The average molecular weight is 431 g/mol. The Morgan fingerprint density at radius 2 is 1.81 bits per heavy atom. The van der Waals surface area contributed by atoms with Crippen molar-refractivity contribution >= 4 is 35.6 Å². The van der Waals surface area contributed by atoms with Crippen LogP contribution in [0.2, 0.25) is 10.0 Å². The van der Waals surface area contributed by atoms with Crippen LogP contribution in [-0.2, 0) is 0 Å². The van der Waals surface area contributed by atoms with Crippen LogP contribution in [0.1, 0.15) is 37.9 Å². The lowest BCUT2D eigenvalue weighted by atomic mass is 10.1. The van der Waals surface area contributed by atoms with Crippen LogP contribution >= 0.6 is 35.6 Å². The number of benzene rings is 1. The second kappa shape index (κ2) is 11.1. The Kier molecular flexibility index (Phi) is 9.10. The van der Waals surface area contributed by atoms with E-state index in [1.165, 1.54) is 32.4 Å². The minimum absolute atomic E-state index is 0. The lowest BCUT2D eigenvalue weighted by molar-refractivity contribution is 0.215. The fourth-order valence-corrected chi connectivity index (χ4v) is 3.75. The first-order chi connectivity index (χ1) is 12.6. The molecule has 0 spiro atoms. The van der Waals surface area contributed by atoms with Gasteiger partial charge in [0, 0.05) is 16.7 Å². The average Bonchev–Trinajstić information content (AvgIpc) is 2.62. The van der Waals surface area contributed by atoms with E-state index < -0.39 is 0 Å². The van der Waals surface area contributed by atoms with Crippen molar-refractivity contribution in [3.8, 4) is 17.1 Å². The third kappa shape index (κ3) is 6.79. The number of halogens is 3. The van der Waals surface area contributed by atoms with Crippen molar-refractivity contribution in [1.82, 2.24) is 14.9 Å². The second-order valence-corrected chi connectivity index (χ2v) is 7.56. The molecule has 0 atom stereocenters. The highest BCUT2D eigenvalue weighted by atomic mass is 35.5. The van der Waals surface area contributed by atoms with Gasteiger partial charge in [-0.3, -0.25) is 0 Å². The molecule has 0 radical (unpaired) electrons. The van der Waals surface area contributed by atoms with Crippen LogP contribution in [0.5, 0.6) is 5.88 Å². The Morgan fingerprint density at radius 3 is 2.56 bits per heavy atom. The molecule has 2 aromatic rings. The van der Waals surface area contributed by atoms with E-state index in [4.69, 9.17) is 27.9 Å². The number of hydrogen-bond donors (Lipinski definition) is 0. The topological polar surface area (TPSA) is 38.2 Å². The van der Waals surface area contributed by atoms with Gasteiger partial charge >= 0.3 is 0 Å². The van der Waals surface area contributed by atoms with Crippen LogP contribution in [0.3, 0.4) is 0 Å². The van der Waals surface area contributed by atoms with E-state index in [1.54, 1.807) is 12.1 Å². The molecule has 0 N–H and O–H groups in total. The number of piperidine rings is 1. The van der Waals surface area contributed by atoms with Crippen LogP contribution in [-0.4, -0.2) is 41.1 Å². The van der Waals surface area contributed by atoms with Crippen LogP contribution in [0.25, 0.3) is 11.3 Å². The maximum absolute atomic E-state index is 6.30. The molecule has 1 aromatic heterocycles. The van der Waals surface area contributed by atoms with Gasteiger partial charge < -0.3 is 9.64 Å². The largest absolute Gasteiger partial charge is 0.478 e. The quantitative estimate of drug-likeness (QED) is 0.518. The minimum Gasteiger partial charge on any atom is -0.478 e. The van der Waals surface area contributed by atoms with E-state index in [0.29, 0.717) is 28.4 Å². The summed E-state index contributed by atoms with van der Waals surface area (Å²) >= 11 is 12.3. The molecular formula is C20H26Cl3N3O. The molecule has 27 heavy (non-hydrogen) atoms. The van der Waals surface area contributed by atoms with Crippen molar-refractivity contribution in [3.05, 3.63) is 40.1 Å². The monoisotopic (exact) mass is 429 g/mol. The van der Waals surface area contributed by atoms with E-state index in [1.807, 2.05) is 19.1 Å². The first-order valence-electron chi connectivity index (χ1n) is 9.28. The van der Waals surface area contributed by atoms with Gasteiger partial charge in [0.2, 0.25) is 5.88 Å². The fourth-order valence-electron chi connectivity index (χ4n) is 3.25. The molecule has 0 unspecified atom stereocenters. The molecule has 3 rings (SSSR count). The molecule has 0 saturated carbocycles. The first-order valence-corrected chi connectivity index (χ1v) is 10.0.